The van der Waals surface area contributed by atoms with Crippen molar-refractivity contribution >= 4 is 17.6 Å². The molecule has 1 fully saturated rings. The summed E-state index contributed by atoms with van der Waals surface area (Å²) in [5.41, 5.74) is 1.57. The molecular formula is C16H22N2O3. The number of benzene rings is 1. The van der Waals surface area contributed by atoms with Crippen LogP contribution >= 0.6 is 0 Å². The highest BCUT2D eigenvalue weighted by molar-refractivity contribution is 5.88. The van der Waals surface area contributed by atoms with Crippen molar-refractivity contribution in [3.05, 3.63) is 29.8 Å². The highest BCUT2D eigenvalue weighted by atomic mass is 16.5. The third-order valence-corrected chi connectivity index (χ3v) is 3.91. The molecule has 1 unspecified atom stereocenters. The second kappa shape index (κ2) is 6.26. The second-order valence-corrected chi connectivity index (χ2v) is 5.89. The van der Waals surface area contributed by atoms with Crippen LogP contribution in [-0.2, 0) is 20.9 Å². The van der Waals surface area contributed by atoms with Crippen LogP contribution in [0.25, 0.3) is 0 Å². The summed E-state index contributed by atoms with van der Waals surface area (Å²) in [6.07, 6.45) is 0.823. The van der Waals surface area contributed by atoms with Gasteiger partial charge in [-0.1, -0.05) is 12.1 Å². The van der Waals surface area contributed by atoms with Crippen molar-refractivity contribution in [3.63, 3.8) is 0 Å². The molecule has 1 aliphatic heterocycles. The summed E-state index contributed by atoms with van der Waals surface area (Å²) in [6, 6.07) is 7.79. The SMILES string of the molecule is COC(=O)C1(C)CCN(Cc2ccc(NC(C)=O)cc2)C1. The number of amides is 1. The van der Waals surface area contributed by atoms with Crippen molar-refractivity contribution in [2.75, 3.05) is 25.5 Å². The minimum Gasteiger partial charge on any atom is -0.469 e. The zero-order valence-electron chi connectivity index (χ0n) is 12.8. The van der Waals surface area contributed by atoms with Gasteiger partial charge in [-0.25, -0.2) is 0 Å². The number of likely N-dealkylation sites (tertiary alicyclic amines) is 1. The molecule has 114 valence electrons. The van der Waals surface area contributed by atoms with Gasteiger partial charge in [0, 0.05) is 25.7 Å². The molecule has 21 heavy (non-hydrogen) atoms. The standard InChI is InChI=1S/C16H22N2O3/c1-12(19)17-14-6-4-13(5-7-14)10-18-9-8-16(2,11-18)15(20)21-3/h4-7H,8-11H2,1-3H3,(H,17,19). The Labute approximate surface area is 125 Å². The van der Waals surface area contributed by atoms with Gasteiger partial charge >= 0.3 is 5.97 Å². The summed E-state index contributed by atoms with van der Waals surface area (Å²) in [5, 5.41) is 2.75. The van der Waals surface area contributed by atoms with Crippen LogP contribution in [0.2, 0.25) is 0 Å². The molecule has 0 aliphatic carbocycles. The van der Waals surface area contributed by atoms with Crippen molar-refractivity contribution in [2.24, 2.45) is 5.41 Å². The van der Waals surface area contributed by atoms with Crippen LogP contribution in [0.15, 0.2) is 24.3 Å². The highest BCUT2D eigenvalue weighted by Crippen LogP contribution is 2.32. The second-order valence-electron chi connectivity index (χ2n) is 5.89. The molecule has 0 radical (unpaired) electrons. The molecule has 0 bridgehead atoms. The van der Waals surface area contributed by atoms with Gasteiger partial charge in [-0.3, -0.25) is 14.5 Å². The molecule has 0 spiro atoms. The molecule has 1 atom stereocenters. The lowest BCUT2D eigenvalue weighted by Crippen LogP contribution is -2.32. The summed E-state index contributed by atoms with van der Waals surface area (Å²) < 4.78 is 4.88. The van der Waals surface area contributed by atoms with Crippen LogP contribution in [0.5, 0.6) is 0 Å². The van der Waals surface area contributed by atoms with E-state index in [0.717, 1.165) is 25.2 Å². The van der Waals surface area contributed by atoms with Crippen LogP contribution in [0, 0.1) is 5.41 Å². The minimum absolute atomic E-state index is 0.0730. The Morgan fingerprint density at radius 1 is 1.33 bits per heavy atom. The van der Waals surface area contributed by atoms with Gasteiger partial charge in [-0.05, 0) is 37.6 Å². The molecule has 1 N–H and O–H groups in total. The fraction of sp³-hybridized carbons (Fsp3) is 0.500. The van der Waals surface area contributed by atoms with Crippen LogP contribution in [0.1, 0.15) is 25.8 Å². The Hall–Kier alpha value is -1.88. The molecule has 0 saturated carbocycles. The smallest absolute Gasteiger partial charge is 0.312 e. The van der Waals surface area contributed by atoms with Crippen molar-refractivity contribution < 1.29 is 14.3 Å². The first-order chi connectivity index (χ1) is 9.93. The van der Waals surface area contributed by atoms with Crippen molar-refractivity contribution in [1.29, 1.82) is 0 Å². The molecule has 5 nitrogen and oxygen atoms in total. The number of ether oxygens (including phenoxy) is 1. The monoisotopic (exact) mass is 290 g/mol. The largest absolute Gasteiger partial charge is 0.469 e. The number of carbonyl (C=O) groups excluding carboxylic acids is 2. The number of anilines is 1. The number of methoxy groups -OCH3 is 1. The third-order valence-electron chi connectivity index (χ3n) is 3.91. The Balaban J connectivity index is 1.94. The maximum absolute atomic E-state index is 11.8. The summed E-state index contributed by atoms with van der Waals surface area (Å²) in [4.78, 5) is 25.0. The molecule has 1 aliphatic rings. The van der Waals surface area contributed by atoms with E-state index in [9.17, 15) is 9.59 Å². The van der Waals surface area contributed by atoms with Crippen LogP contribution in [0.3, 0.4) is 0 Å². The normalized spacial score (nSPS) is 22.0. The number of hydrogen-bond donors (Lipinski definition) is 1. The predicted octanol–water partition coefficient (Wildman–Crippen LogP) is 2.03. The predicted molar refractivity (Wildman–Crippen MR) is 80.8 cm³/mol. The minimum atomic E-state index is -0.398. The first-order valence-electron chi connectivity index (χ1n) is 7.10. The molecule has 1 heterocycles. The fourth-order valence-electron chi connectivity index (χ4n) is 2.76. The Morgan fingerprint density at radius 3 is 2.57 bits per heavy atom. The van der Waals surface area contributed by atoms with Crippen molar-refractivity contribution in [1.82, 2.24) is 4.90 Å². The van der Waals surface area contributed by atoms with Gasteiger partial charge in [-0.2, -0.15) is 0 Å². The number of carbonyl (C=O) groups is 2. The van der Waals surface area contributed by atoms with Gasteiger partial charge in [0.25, 0.3) is 0 Å². The van der Waals surface area contributed by atoms with Crippen molar-refractivity contribution in [2.45, 2.75) is 26.8 Å². The van der Waals surface area contributed by atoms with Gasteiger partial charge in [0.1, 0.15) is 0 Å². The summed E-state index contributed by atoms with van der Waals surface area (Å²) in [7, 11) is 1.44. The van der Waals surface area contributed by atoms with Gasteiger partial charge in [0.2, 0.25) is 5.91 Å². The van der Waals surface area contributed by atoms with E-state index in [1.165, 1.54) is 19.6 Å². The van der Waals surface area contributed by atoms with E-state index in [0.29, 0.717) is 6.54 Å². The quantitative estimate of drug-likeness (QED) is 0.862. The number of hydrogen-bond acceptors (Lipinski definition) is 4. The molecule has 1 aromatic rings. The average Bonchev–Trinajstić information content (AvgIpc) is 2.82. The molecule has 0 aromatic heterocycles. The maximum Gasteiger partial charge on any atom is 0.312 e. The van der Waals surface area contributed by atoms with E-state index in [1.54, 1.807) is 0 Å². The number of nitrogens with zero attached hydrogens (tertiary/aromatic N) is 1. The molecule has 2 rings (SSSR count). The maximum atomic E-state index is 11.8. The third kappa shape index (κ3) is 3.82. The zero-order valence-corrected chi connectivity index (χ0v) is 12.8. The van der Waals surface area contributed by atoms with Gasteiger partial charge < -0.3 is 10.1 Å². The highest BCUT2D eigenvalue weighted by Gasteiger charge is 2.41. The summed E-state index contributed by atoms with van der Waals surface area (Å²) in [6.45, 7) is 5.85. The molecule has 1 saturated heterocycles. The first-order valence-corrected chi connectivity index (χ1v) is 7.10. The van der Waals surface area contributed by atoms with E-state index in [4.69, 9.17) is 4.74 Å². The zero-order chi connectivity index (χ0) is 15.5. The number of rotatable bonds is 4. The number of esters is 1. The molecule has 1 aromatic carbocycles. The van der Waals surface area contributed by atoms with Gasteiger partial charge in [-0.15, -0.1) is 0 Å². The first kappa shape index (κ1) is 15.5. The van der Waals surface area contributed by atoms with E-state index in [1.807, 2.05) is 31.2 Å². The van der Waals surface area contributed by atoms with E-state index in [2.05, 4.69) is 10.2 Å². The molecule has 1 amide bonds. The Bertz CT molecular complexity index is 527. The van der Waals surface area contributed by atoms with Gasteiger partial charge in [0.05, 0.1) is 12.5 Å². The van der Waals surface area contributed by atoms with Crippen LogP contribution in [-0.4, -0.2) is 37.0 Å². The van der Waals surface area contributed by atoms with Crippen molar-refractivity contribution in [3.8, 4) is 0 Å². The lowest BCUT2D eigenvalue weighted by molar-refractivity contribution is -0.151. The summed E-state index contributed by atoms with van der Waals surface area (Å²) in [5.74, 6) is -0.206. The Kier molecular flexibility index (Phi) is 4.63. The van der Waals surface area contributed by atoms with E-state index < -0.39 is 5.41 Å². The van der Waals surface area contributed by atoms with Gasteiger partial charge in [0.15, 0.2) is 0 Å². The average molecular weight is 290 g/mol. The molecular weight excluding hydrogens is 268 g/mol. The Morgan fingerprint density at radius 2 is 2.00 bits per heavy atom. The van der Waals surface area contributed by atoms with Crippen LogP contribution < -0.4 is 5.32 Å². The lowest BCUT2D eigenvalue weighted by Gasteiger charge is -2.21. The summed E-state index contributed by atoms with van der Waals surface area (Å²) >= 11 is 0. The van der Waals surface area contributed by atoms with E-state index >= 15 is 0 Å². The fourth-order valence-corrected chi connectivity index (χ4v) is 2.76. The van der Waals surface area contributed by atoms with Crippen LogP contribution in [0.4, 0.5) is 5.69 Å². The lowest BCUT2D eigenvalue weighted by atomic mass is 9.90. The topological polar surface area (TPSA) is 58.6 Å². The number of nitrogens with one attached hydrogen (secondary N) is 1. The van der Waals surface area contributed by atoms with E-state index in [-0.39, 0.29) is 11.9 Å². The molecule has 5 heteroatoms.